The molecule has 0 spiro atoms. The molecule has 4 aliphatic rings. The van der Waals surface area contributed by atoms with Gasteiger partial charge in [-0.1, -0.05) is 32.0 Å². The number of rotatable bonds is 5. The molecule has 10 atom stereocenters. The van der Waals surface area contributed by atoms with Crippen LogP contribution in [0, 0.1) is 40.4 Å². The van der Waals surface area contributed by atoms with E-state index in [2.05, 4.69) is 39.8 Å². The first-order valence-corrected chi connectivity index (χ1v) is 15.1. The Bertz CT molecular complexity index is 1030. The summed E-state index contributed by atoms with van der Waals surface area (Å²) in [5.74, 6) is 3.11. The lowest BCUT2D eigenvalue weighted by Crippen LogP contribution is -2.61. The van der Waals surface area contributed by atoms with E-state index >= 15 is 0 Å². The smallest absolute Gasteiger partial charge is 0.302 e. The molecule has 5 rings (SSSR count). The molecule has 0 saturated heterocycles. The van der Waals surface area contributed by atoms with Gasteiger partial charge in [0, 0.05) is 37.0 Å². The monoisotopic (exact) mass is 522 g/mol. The molecule has 1 aromatic rings. The quantitative estimate of drug-likeness (QED) is 0.427. The second-order valence-electron chi connectivity index (χ2n) is 14.0. The van der Waals surface area contributed by atoms with Gasteiger partial charge in [0.25, 0.3) is 5.91 Å². The van der Waals surface area contributed by atoms with Gasteiger partial charge in [0.2, 0.25) is 0 Å². The number of carbonyl (C=O) groups excluding carboxylic acids is 2. The third-order valence-corrected chi connectivity index (χ3v) is 12.4. The number of benzene rings is 1. The van der Waals surface area contributed by atoms with Crippen molar-refractivity contribution in [1.29, 1.82) is 0 Å². The maximum absolute atomic E-state index is 13.2. The second kappa shape index (κ2) is 10.3. The number of esters is 1. The van der Waals surface area contributed by atoms with Crippen LogP contribution in [0.15, 0.2) is 30.3 Å². The summed E-state index contributed by atoms with van der Waals surface area (Å²) in [6.07, 6.45) is 9.35. The van der Waals surface area contributed by atoms with E-state index in [1.807, 2.05) is 42.3 Å². The lowest BCUT2D eigenvalue weighted by molar-refractivity contribution is -0.194. The van der Waals surface area contributed by atoms with Crippen LogP contribution in [0.5, 0.6) is 0 Å². The zero-order valence-corrected chi connectivity index (χ0v) is 24.8. The Labute approximate surface area is 230 Å². The van der Waals surface area contributed by atoms with E-state index in [4.69, 9.17) is 4.74 Å². The summed E-state index contributed by atoms with van der Waals surface area (Å²) >= 11 is 0. The zero-order chi connectivity index (χ0) is 27.4. The Kier molecular flexibility index (Phi) is 7.47. The molecular weight excluding hydrogens is 472 g/mol. The highest BCUT2D eigenvalue weighted by Gasteiger charge is 2.65. The summed E-state index contributed by atoms with van der Waals surface area (Å²) < 4.78 is 6.27. The topological polar surface area (TPSA) is 49.9 Å². The van der Waals surface area contributed by atoms with Crippen molar-refractivity contribution in [2.75, 3.05) is 21.1 Å². The van der Waals surface area contributed by atoms with Crippen LogP contribution in [-0.4, -0.2) is 61.0 Å². The number of hydrogen-bond donors (Lipinski definition) is 0. The fourth-order valence-electron chi connectivity index (χ4n) is 10.0. The normalized spacial score (nSPS) is 41.0. The molecule has 0 N–H and O–H groups in total. The van der Waals surface area contributed by atoms with Crippen molar-refractivity contribution in [3.05, 3.63) is 35.9 Å². The van der Waals surface area contributed by atoms with Crippen LogP contribution in [-0.2, 0) is 9.53 Å². The molecule has 0 aliphatic heterocycles. The van der Waals surface area contributed by atoms with Crippen LogP contribution < -0.4 is 0 Å². The van der Waals surface area contributed by atoms with Gasteiger partial charge in [0.1, 0.15) is 6.10 Å². The van der Waals surface area contributed by atoms with E-state index in [1.54, 1.807) is 6.92 Å². The SMILES string of the molecule is CC(=O)O[C@@H]1C[C@H]2[C@@H](CC[C@H]3C[C@H](N(C)C(=O)c4ccccc4)CC[C@@]32C)[C@@H]2CC[C@H]([C@H](C)N(C)C)[C@@]12C. The van der Waals surface area contributed by atoms with Crippen molar-refractivity contribution in [2.24, 2.45) is 40.4 Å². The summed E-state index contributed by atoms with van der Waals surface area (Å²) in [4.78, 5) is 30.0. The van der Waals surface area contributed by atoms with E-state index in [-0.39, 0.29) is 28.8 Å². The fraction of sp³-hybridized carbons (Fsp3) is 0.758. The van der Waals surface area contributed by atoms with Crippen molar-refractivity contribution >= 4 is 11.9 Å². The highest BCUT2D eigenvalue weighted by molar-refractivity contribution is 5.94. The van der Waals surface area contributed by atoms with E-state index in [0.29, 0.717) is 41.7 Å². The van der Waals surface area contributed by atoms with Gasteiger partial charge >= 0.3 is 5.97 Å². The maximum Gasteiger partial charge on any atom is 0.302 e. The highest BCUT2D eigenvalue weighted by atomic mass is 16.5. The van der Waals surface area contributed by atoms with E-state index in [1.165, 1.54) is 25.7 Å². The first kappa shape index (κ1) is 27.7. The van der Waals surface area contributed by atoms with Crippen molar-refractivity contribution in [3.8, 4) is 0 Å². The van der Waals surface area contributed by atoms with Gasteiger partial charge in [-0.15, -0.1) is 0 Å². The van der Waals surface area contributed by atoms with Crippen molar-refractivity contribution in [3.63, 3.8) is 0 Å². The highest BCUT2D eigenvalue weighted by Crippen LogP contribution is 2.68. The molecule has 1 amide bonds. The van der Waals surface area contributed by atoms with Crippen molar-refractivity contribution in [1.82, 2.24) is 9.80 Å². The van der Waals surface area contributed by atoms with Gasteiger partial charge < -0.3 is 14.5 Å². The maximum atomic E-state index is 13.2. The van der Waals surface area contributed by atoms with Gasteiger partial charge in [0.15, 0.2) is 0 Å². The number of fused-ring (bicyclic) bond motifs is 5. The van der Waals surface area contributed by atoms with Gasteiger partial charge in [-0.25, -0.2) is 0 Å². The molecule has 4 aliphatic carbocycles. The number of ether oxygens (including phenoxy) is 1. The Hall–Kier alpha value is -1.88. The number of carbonyl (C=O) groups is 2. The molecule has 1 aromatic carbocycles. The molecule has 0 unspecified atom stereocenters. The van der Waals surface area contributed by atoms with Gasteiger partial charge in [-0.05, 0) is 120 Å². The molecule has 0 radical (unpaired) electrons. The Morgan fingerprint density at radius 1 is 0.947 bits per heavy atom. The van der Waals surface area contributed by atoms with E-state index in [0.717, 1.165) is 31.2 Å². The molecule has 210 valence electrons. The minimum absolute atomic E-state index is 0.00298. The van der Waals surface area contributed by atoms with Crippen LogP contribution in [0.1, 0.15) is 89.4 Å². The Morgan fingerprint density at radius 3 is 2.32 bits per heavy atom. The van der Waals surface area contributed by atoms with Crippen molar-refractivity contribution < 1.29 is 14.3 Å². The summed E-state index contributed by atoms with van der Waals surface area (Å²) in [5, 5.41) is 0. The summed E-state index contributed by atoms with van der Waals surface area (Å²) in [6.45, 7) is 8.97. The molecule has 38 heavy (non-hydrogen) atoms. The molecule has 0 heterocycles. The average Bonchev–Trinajstić information content (AvgIpc) is 3.25. The predicted octanol–water partition coefficient (Wildman–Crippen LogP) is 6.28. The number of nitrogens with zero attached hydrogens (tertiary/aromatic N) is 2. The molecule has 5 heteroatoms. The molecule has 4 saturated carbocycles. The summed E-state index contributed by atoms with van der Waals surface area (Å²) in [6, 6.07) is 10.5. The summed E-state index contributed by atoms with van der Waals surface area (Å²) in [7, 11) is 6.39. The van der Waals surface area contributed by atoms with Gasteiger partial charge in [-0.2, -0.15) is 0 Å². The fourth-order valence-corrected chi connectivity index (χ4v) is 10.0. The first-order chi connectivity index (χ1) is 18.0. The van der Waals surface area contributed by atoms with Crippen LogP contribution in [0.2, 0.25) is 0 Å². The molecular formula is C33H50N2O3. The third kappa shape index (κ3) is 4.41. The van der Waals surface area contributed by atoms with Crippen LogP contribution in [0.4, 0.5) is 0 Å². The van der Waals surface area contributed by atoms with E-state index < -0.39 is 0 Å². The second-order valence-corrected chi connectivity index (χ2v) is 14.0. The van der Waals surface area contributed by atoms with E-state index in [9.17, 15) is 9.59 Å². The molecule has 5 nitrogen and oxygen atoms in total. The summed E-state index contributed by atoms with van der Waals surface area (Å²) in [5.41, 5.74) is 1.07. The lowest BCUT2D eigenvalue weighted by Gasteiger charge is -2.63. The Morgan fingerprint density at radius 2 is 1.66 bits per heavy atom. The van der Waals surface area contributed by atoms with Gasteiger partial charge in [0.05, 0.1) is 0 Å². The number of amides is 1. The standard InChI is InChI=1S/C33H50N2O3/c1-21(34(5)6)27-15-16-28-26-14-13-24-19-25(35(7)31(37)23-11-9-8-10-12-23)17-18-32(24,3)29(26)20-30(33(27,28)4)38-22(2)36/h8-12,21,24-30H,13-20H2,1-7H3/t21-,24-,25+,26-,27+,28-,29-,30+,32-,33+/m0/s1. The van der Waals surface area contributed by atoms with Gasteiger partial charge in [-0.3, -0.25) is 9.59 Å². The van der Waals surface area contributed by atoms with Crippen molar-refractivity contribution in [2.45, 2.75) is 97.2 Å². The molecule has 0 bridgehead atoms. The minimum atomic E-state index is -0.126. The van der Waals surface area contributed by atoms with Crippen LogP contribution in [0.25, 0.3) is 0 Å². The van der Waals surface area contributed by atoms with Crippen LogP contribution >= 0.6 is 0 Å². The third-order valence-electron chi connectivity index (χ3n) is 12.4. The largest absolute Gasteiger partial charge is 0.462 e. The Balaban J connectivity index is 1.38. The first-order valence-electron chi connectivity index (χ1n) is 15.1. The predicted molar refractivity (Wildman–Crippen MR) is 152 cm³/mol. The number of hydrogen-bond acceptors (Lipinski definition) is 4. The molecule has 0 aromatic heterocycles. The zero-order valence-electron chi connectivity index (χ0n) is 24.8. The van der Waals surface area contributed by atoms with Crippen LogP contribution in [0.3, 0.4) is 0 Å². The molecule has 4 fully saturated rings. The average molecular weight is 523 g/mol. The minimum Gasteiger partial charge on any atom is -0.462 e. The lowest BCUT2D eigenvalue weighted by atomic mass is 9.43.